The Balaban J connectivity index is 3.52. The minimum absolute atomic E-state index is 0.0928. The quantitative estimate of drug-likeness (QED) is 0.619. The molecule has 2 N–H and O–H groups in total. The van der Waals surface area contributed by atoms with Crippen LogP contribution in [-0.2, 0) is 9.53 Å². The maximum atomic E-state index is 11.1. The van der Waals surface area contributed by atoms with Gasteiger partial charge in [-0.15, -0.1) is 0 Å². The van der Waals surface area contributed by atoms with Crippen molar-refractivity contribution in [2.24, 2.45) is 5.73 Å². The number of hydrogen-bond donors (Lipinski definition) is 1. The zero-order valence-corrected chi connectivity index (χ0v) is 8.01. The summed E-state index contributed by atoms with van der Waals surface area (Å²) >= 11 is 0. The van der Waals surface area contributed by atoms with E-state index in [1.165, 1.54) is 0 Å². The number of rotatable bonds is 6. The maximum Gasteiger partial charge on any atom is 0.306 e. The normalized spacial score (nSPS) is 10.3. The van der Waals surface area contributed by atoms with Crippen LogP contribution in [0.3, 0.4) is 0 Å². The number of carbonyl (C=O) groups is 1. The van der Waals surface area contributed by atoms with E-state index in [9.17, 15) is 4.79 Å². The lowest BCUT2D eigenvalue weighted by Crippen LogP contribution is -2.17. The molecule has 0 aliphatic heterocycles. The van der Waals surface area contributed by atoms with E-state index in [0.717, 1.165) is 19.3 Å². The highest BCUT2D eigenvalue weighted by atomic mass is 16.5. The molecule has 0 amide bonds. The van der Waals surface area contributed by atoms with Gasteiger partial charge >= 0.3 is 5.97 Å². The van der Waals surface area contributed by atoms with Crippen molar-refractivity contribution in [3.63, 3.8) is 0 Å². The van der Waals surface area contributed by atoms with Gasteiger partial charge in [0.25, 0.3) is 0 Å². The second-order valence-electron chi connectivity index (χ2n) is 2.82. The number of nitrogens with two attached hydrogens (primary N) is 1. The first-order valence-corrected chi connectivity index (χ1v) is 4.64. The second kappa shape index (κ2) is 7.10. The minimum atomic E-state index is -0.117. The average Bonchev–Trinajstić information content (AvgIpc) is 2.10. The molecule has 0 aliphatic rings. The van der Waals surface area contributed by atoms with Gasteiger partial charge in [-0.05, 0) is 25.8 Å². The van der Waals surface area contributed by atoms with E-state index in [2.05, 4.69) is 0 Å². The summed E-state index contributed by atoms with van der Waals surface area (Å²) in [4.78, 5) is 11.1. The van der Waals surface area contributed by atoms with Gasteiger partial charge in [0, 0.05) is 6.42 Å². The molecular weight excluding hydrogens is 154 g/mol. The monoisotopic (exact) mass is 173 g/mol. The molecule has 0 rings (SSSR count). The van der Waals surface area contributed by atoms with Crippen molar-refractivity contribution in [1.82, 2.24) is 0 Å². The van der Waals surface area contributed by atoms with Crippen molar-refractivity contribution in [2.75, 3.05) is 6.54 Å². The molecule has 0 aromatic carbocycles. The molecule has 0 spiro atoms. The predicted octanol–water partition coefficient (Wildman–Crippen LogP) is 1.46. The highest BCUT2D eigenvalue weighted by Gasteiger charge is 2.08. The van der Waals surface area contributed by atoms with E-state index in [1.54, 1.807) is 0 Å². The molecule has 0 saturated carbocycles. The fraction of sp³-hybridized carbons (Fsp3) is 0.889. The first kappa shape index (κ1) is 11.4. The SMILES string of the molecule is CCC(CC)OC(=O)CCCN. The molecule has 72 valence electrons. The Morgan fingerprint density at radius 2 is 2.00 bits per heavy atom. The lowest BCUT2D eigenvalue weighted by molar-refractivity contribution is -0.149. The van der Waals surface area contributed by atoms with Crippen molar-refractivity contribution >= 4 is 5.97 Å². The molecule has 0 aromatic heterocycles. The van der Waals surface area contributed by atoms with Gasteiger partial charge in [-0.3, -0.25) is 4.79 Å². The fourth-order valence-corrected chi connectivity index (χ4v) is 0.947. The summed E-state index contributed by atoms with van der Waals surface area (Å²) in [5.74, 6) is -0.117. The Hall–Kier alpha value is -0.570. The number of ether oxygens (including phenoxy) is 1. The van der Waals surface area contributed by atoms with Gasteiger partial charge in [-0.25, -0.2) is 0 Å². The third kappa shape index (κ3) is 5.13. The highest BCUT2D eigenvalue weighted by molar-refractivity contribution is 5.69. The summed E-state index contributed by atoms with van der Waals surface area (Å²) in [5, 5.41) is 0. The van der Waals surface area contributed by atoms with Gasteiger partial charge in [-0.1, -0.05) is 13.8 Å². The average molecular weight is 173 g/mol. The summed E-state index contributed by atoms with van der Waals surface area (Å²) in [6.45, 7) is 4.59. The third-order valence-electron chi connectivity index (χ3n) is 1.79. The first-order valence-electron chi connectivity index (χ1n) is 4.64. The number of carbonyl (C=O) groups excluding carboxylic acids is 1. The molecule has 3 nitrogen and oxygen atoms in total. The molecule has 0 bridgehead atoms. The Kier molecular flexibility index (Phi) is 6.76. The van der Waals surface area contributed by atoms with Gasteiger partial charge in [0.1, 0.15) is 6.10 Å². The Morgan fingerprint density at radius 3 is 2.42 bits per heavy atom. The molecule has 0 aromatic rings. The predicted molar refractivity (Wildman–Crippen MR) is 48.8 cm³/mol. The van der Waals surface area contributed by atoms with Crippen molar-refractivity contribution in [2.45, 2.75) is 45.6 Å². The van der Waals surface area contributed by atoms with Gasteiger partial charge in [0.15, 0.2) is 0 Å². The topological polar surface area (TPSA) is 52.3 Å². The lowest BCUT2D eigenvalue weighted by atomic mass is 10.2. The molecule has 0 atom stereocenters. The summed E-state index contributed by atoms with van der Waals surface area (Å²) in [5.41, 5.74) is 5.26. The van der Waals surface area contributed by atoms with Crippen LogP contribution in [0.25, 0.3) is 0 Å². The van der Waals surface area contributed by atoms with Crippen LogP contribution < -0.4 is 5.73 Å². The van der Waals surface area contributed by atoms with Crippen molar-refractivity contribution in [3.05, 3.63) is 0 Å². The molecule has 0 fully saturated rings. The van der Waals surface area contributed by atoms with Crippen LogP contribution >= 0.6 is 0 Å². The smallest absolute Gasteiger partial charge is 0.306 e. The van der Waals surface area contributed by atoms with E-state index in [0.29, 0.717) is 13.0 Å². The molecular formula is C9H19NO2. The Morgan fingerprint density at radius 1 is 1.42 bits per heavy atom. The van der Waals surface area contributed by atoms with Crippen molar-refractivity contribution < 1.29 is 9.53 Å². The summed E-state index contributed by atoms with van der Waals surface area (Å²) < 4.78 is 5.16. The fourth-order valence-electron chi connectivity index (χ4n) is 0.947. The standard InChI is InChI=1S/C9H19NO2/c1-3-8(4-2)12-9(11)6-5-7-10/h8H,3-7,10H2,1-2H3. The zero-order valence-electron chi connectivity index (χ0n) is 8.01. The Labute approximate surface area is 74.3 Å². The number of esters is 1. The van der Waals surface area contributed by atoms with Crippen molar-refractivity contribution in [1.29, 1.82) is 0 Å². The Bertz CT molecular complexity index is 122. The lowest BCUT2D eigenvalue weighted by Gasteiger charge is -2.13. The van der Waals surface area contributed by atoms with E-state index in [-0.39, 0.29) is 12.1 Å². The van der Waals surface area contributed by atoms with Gasteiger partial charge in [0.2, 0.25) is 0 Å². The molecule has 0 unspecified atom stereocenters. The molecule has 0 aliphatic carbocycles. The van der Waals surface area contributed by atoms with E-state index >= 15 is 0 Å². The molecule has 12 heavy (non-hydrogen) atoms. The zero-order chi connectivity index (χ0) is 9.40. The minimum Gasteiger partial charge on any atom is -0.462 e. The first-order chi connectivity index (χ1) is 5.74. The molecule has 0 radical (unpaired) electrons. The molecule has 3 heteroatoms. The largest absolute Gasteiger partial charge is 0.462 e. The molecule has 0 heterocycles. The van der Waals surface area contributed by atoms with Crippen LogP contribution in [-0.4, -0.2) is 18.6 Å². The van der Waals surface area contributed by atoms with Crippen LogP contribution in [0.5, 0.6) is 0 Å². The summed E-state index contributed by atoms with van der Waals surface area (Å²) in [6, 6.07) is 0. The van der Waals surface area contributed by atoms with Gasteiger partial charge in [-0.2, -0.15) is 0 Å². The van der Waals surface area contributed by atoms with E-state index in [4.69, 9.17) is 10.5 Å². The van der Waals surface area contributed by atoms with Crippen molar-refractivity contribution in [3.8, 4) is 0 Å². The second-order valence-corrected chi connectivity index (χ2v) is 2.82. The van der Waals surface area contributed by atoms with Crippen LogP contribution in [0.4, 0.5) is 0 Å². The third-order valence-corrected chi connectivity index (χ3v) is 1.79. The summed E-state index contributed by atoms with van der Waals surface area (Å²) in [7, 11) is 0. The van der Waals surface area contributed by atoms with Crippen LogP contribution in [0.15, 0.2) is 0 Å². The highest BCUT2D eigenvalue weighted by Crippen LogP contribution is 2.04. The van der Waals surface area contributed by atoms with Crippen LogP contribution in [0.1, 0.15) is 39.5 Å². The van der Waals surface area contributed by atoms with Crippen LogP contribution in [0, 0.1) is 0 Å². The summed E-state index contributed by atoms with van der Waals surface area (Å²) in [6.07, 6.45) is 3.05. The van der Waals surface area contributed by atoms with Gasteiger partial charge < -0.3 is 10.5 Å². The van der Waals surface area contributed by atoms with E-state index in [1.807, 2.05) is 13.8 Å². The molecule has 0 saturated heterocycles. The van der Waals surface area contributed by atoms with Gasteiger partial charge in [0.05, 0.1) is 0 Å². The van der Waals surface area contributed by atoms with Crippen LogP contribution in [0.2, 0.25) is 0 Å². The van der Waals surface area contributed by atoms with E-state index < -0.39 is 0 Å². The number of hydrogen-bond acceptors (Lipinski definition) is 3. The maximum absolute atomic E-state index is 11.1.